The first-order chi connectivity index (χ1) is 10.6. The van der Waals surface area contributed by atoms with Crippen LogP contribution < -0.4 is 0 Å². The predicted molar refractivity (Wildman–Crippen MR) is 95.0 cm³/mol. The molecule has 1 atom stereocenters. The Balaban J connectivity index is 1.87. The zero-order valence-electron chi connectivity index (χ0n) is 12.8. The second kappa shape index (κ2) is 7.04. The molecule has 3 heteroatoms. The molecule has 22 heavy (non-hydrogen) atoms. The first kappa shape index (κ1) is 15.9. The van der Waals surface area contributed by atoms with Crippen molar-refractivity contribution in [3.63, 3.8) is 0 Å². The highest BCUT2D eigenvalue weighted by atomic mass is 35.5. The molecule has 2 aromatic rings. The van der Waals surface area contributed by atoms with E-state index < -0.39 is 0 Å². The van der Waals surface area contributed by atoms with Gasteiger partial charge in [-0.05, 0) is 54.3 Å². The SMILES string of the molecule is CC1CCN(CC(c2ccc(Cl)cc2)c2ccc(Cl)cc2)C1. The van der Waals surface area contributed by atoms with Crippen LogP contribution >= 0.6 is 23.2 Å². The molecule has 1 heterocycles. The summed E-state index contributed by atoms with van der Waals surface area (Å²) < 4.78 is 0. The van der Waals surface area contributed by atoms with Gasteiger partial charge >= 0.3 is 0 Å². The third kappa shape index (κ3) is 3.84. The number of rotatable bonds is 4. The summed E-state index contributed by atoms with van der Waals surface area (Å²) in [5.74, 6) is 1.16. The maximum atomic E-state index is 6.04. The zero-order valence-corrected chi connectivity index (χ0v) is 14.3. The Morgan fingerprint density at radius 1 is 0.955 bits per heavy atom. The van der Waals surface area contributed by atoms with E-state index >= 15 is 0 Å². The molecular weight excluding hydrogens is 313 g/mol. The van der Waals surface area contributed by atoms with Crippen LogP contribution in [0.4, 0.5) is 0 Å². The van der Waals surface area contributed by atoms with Gasteiger partial charge in [-0.1, -0.05) is 54.4 Å². The van der Waals surface area contributed by atoms with E-state index in [1.54, 1.807) is 0 Å². The van der Waals surface area contributed by atoms with E-state index in [2.05, 4.69) is 36.1 Å². The van der Waals surface area contributed by atoms with Gasteiger partial charge in [0.2, 0.25) is 0 Å². The minimum atomic E-state index is 0.361. The van der Waals surface area contributed by atoms with Crippen molar-refractivity contribution in [2.24, 2.45) is 5.92 Å². The summed E-state index contributed by atoms with van der Waals surface area (Å²) in [7, 11) is 0. The standard InChI is InChI=1S/C19H21Cl2N/c1-14-10-11-22(12-14)13-19(15-2-6-17(20)7-3-15)16-4-8-18(21)9-5-16/h2-9,14,19H,10-13H2,1H3. The molecule has 1 aliphatic rings. The van der Waals surface area contributed by atoms with Crippen molar-refractivity contribution < 1.29 is 0 Å². The summed E-state index contributed by atoms with van der Waals surface area (Å²) >= 11 is 12.1. The Morgan fingerprint density at radius 3 is 1.86 bits per heavy atom. The average molecular weight is 334 g/mol. The fourth-order valence-electron chi connectivity index (χ4n) is 3.24. The normalized spacial score (nSPS) is 19.0. The van der Waals surface area contributed by atoms with E-state index in [4.69, 9.17) is 23.2 Å². The molecule has 1 nitrogen and oxygen atoms in total. The van der Waals surface area contributed by atoms with Gasteiger partial charge in [0.25, 0.3) is 0 Å². The minimum absolute atomic E-state index is 0.361. The second-order valence-electron chi connectivity index (χ2n) is 6.31. The van der Waals surface area contributed by atoms with Crippen molar-refractivity contribution in [2.75, 3.05) is 19.6 Å². The fraction of sp³-hybridized carbons (Fsp3) is 0.368. The number of hydrogen-bond acceptors (Lipinski definition) is 1. The van der Waals surface area contributed by atoms with Crippen molar-refractivity contribution >= 4 is 23.2 Å². The molecule has 2 aromatic carbocycles. The Kier molecular flexibility index (Phi) is 5.07. The molecular formula is C19H21Cl2N. The van der Waals surface area contributed by atoms with Gasteiger partial charge in [-0.3, -0.25) is 0 Å². The van der Waals surface area contributed by atoms with Gasteiger partial charge in [-0.25, -0.2) is 0 Å². The summed E-state index contributed by atoms with van der Waals surface area (Å²) in [6.45, 7) is 5.77. The monoisotopic (exact) mass is 333 g/mol. The largest absolute Gasteiger partial charge is 0.302 e. The van der Waals surface area contributed by atoms with Gasteiger partial charge in [0.15, 0.2) is 0 Å². The smallest absolute Gasteiger partial charge is 0.0406 e. The molecule has 0 radical (unpaired) electrons. The number of likely N-dealkylation sites (tertiary alicyclic amines) is 1. The predicted octanol–water partition coefficient (Wildman–Crippen LogP) is 5.47. The van der Waals surface area contributed by atoms with Crippen LogP contribution in [0.3, 0.4) is 0 Å². The zero-order chi connectivity index (χ0) is 15.5. The Bertz CT molecular complexity index is 561. The van der Waals surface area contributed by atoms with Crippen molar-refractivity contribution in [1.82, 2.24) is 4.90 Å². The molecule has 0 amide bonds. The number of halogens is 2. The van der Waals surface area contributed by atoms with E-state index in [-0.39, 0.29) is 0 Å². The van der Waals surface area contributed by atoms with Crippen molar-refractivity contribution in [3.8, 4) is 0 Å². The van der Waals surface area contributed by atoms with E-state index in [0.717, 1.165) is 22.5 Å². The van der Waals surface area contributed by atoms with Crippen LogP contribution in [0, 0.1) is 5.92 Å². The third-order valence-electron chi connectivity index (χ3n) is 4.49. The highest BCUT2D eigenvalue weighted by Crippen LogP contribution is 2.29. The highest BCUT2D eigenvalue weighted by Gasteiger charge is 2.23. The molecule has 0 N–H and O–H groups in total. The molecule has 0 spiro atoms. The number of hydrogen-bond donors (Lipinski definition) is 0. The maximum Gasteiger partial charge on any atom is 0.0406 e. The van der Waals surface area contributed by atoms with Gasteiger partial charge in [-0.2, -0.15) is 0 Å². The lowest BCUT2D eigenvalue weighted by Gasteiger charge is -2.25. The molecule has 1 saturated heterocycles. The van der Waals surface area contributed by atoms with Crippen LogP contribution in [0.15, 0.2) is 48.5 Å². The summed E-state index contributed by atoms with van der Waals surface area (Å²) in [6, 6.07) is 16.5. The topological polar surface area (TPSA) is 3.24 Å². The van der Waals surface area contributed by atoms with E-state index in [9.17, 15) is 0 Å². The van der Waals surface area contributed by atoms with Gasteiger partial charge < -0.3 is 4.90 Å². The molecule has 1 fully saturated rings. The van der Waals surface area contributed by atoms with Crippen molar-refractivity contribution in [3.05, 3.63) is 69.7 Å². The maximum absolute atomic E-state index is 6.04. The van der Waals surface area contributed by atoms with Crippen LogP contribution in [0.5, 0.6) is 0 Å². The second-order valence-corrected chi connectivity index (χ2v) is 7.18. The molecule has 0 bridgehead atoms. The lowest BCUT2D eigenvalue weighted by atomic mass is 9.91. The highest BCUT2D eigenvalue weighted by molar-refractivity contribution is 6.30. The molecule has 116 valence electrons. The third-order valence-corrected chi connectivity index (χ3v) is 5.00. The van der Waals surface area contributed by atoms with Crippen molar-refractivity contribution in [1.29, 1.82) is 0 Å². The number of benzene rings is 2. The molecule has 0 aromatic heterocycles. The minimum Gasteiger partial charge on any atom is -0.302 e. The number of nitrogens with zero attached hydrogens (tertiary/aromatic N) is 1. The van der Waals surface area contributed by atoms with Crippen LogP contribution in [0.25, 0.3) is 0 Å². The van der Waals surface area contributed by atoms with Crippen LogP contribution in [-0.2, 0) is 0 Å². The van der Waals surface area contributed by atoms with E-state index in [0.29, 0.717) is 5.92 Å². The van der Waals surface area contributed by atoms with Gasteiger partial charge in [0, 0.05) is 29.1 Å². The van der Waals surface area contributed by atoms with Crippen LogP contribution in [0.2, 0.25) is 10.0 Å². The molecule has 1 unspecified atom stereocenters. The van der Waals surface area contributed by atoms with Crippen LogP contribution in [-0.4, -0.2) is 24.5 Å². The summed E-state index contributed by atoms with van der Waals surface area (Å²) in [5, 5.41) is 1.57. The van der Waals surface area contributed by atoms with Gasteiger partial charge in [0.1, 0.15) is 0 Å². The summed E-state index contributed by atoms with van der Waals surface area (Å²) in [5.41, 5.74) is 2.62. The summed E-state index contributed by atoms with van der Waals surface area (Å²) in [6.07, 6.45) is 1.30. The first-order valence-electron chi connectivity index (χ1n) is 7.85. The average Bonchev–Trinajstić information content (AvgIpc) is 2.92. The Labute approximate surface area is 142 Å². The van der Waals surface area contributed by atoms with Crippen molar-refractivity contribution in [2.45, 2.75) is 19.3 Å². The first-order valence-corrected chi connectivity index (χ1v) is 8.60. The lowest BCUT2D eigenvalue weighted by molar-refractivity contribution is 0.317. The van der Waals surface area contributed by atoms with Gasteiger partial charge in [0.05, 0.1) is 0 Å². The Hall–Kier alpha value is -1.02. The lowest BCUT2D eigenvalue weighted by Crippen LogP contribution is -2.27. The fourth-order valence-corrected chi connectivity index (χ4v) is 3.50. The van der Waals surface area contributed by atoms with Crippen LogP contribution in [0.1, 0.15) is 30.4 Å². The molecule has 0 saturated carbocycles. The summed E-state index contributed by atoms with van der Waals surface area (Å²) in [4.78, 5) is 2.57. The molecule has 3 rings (SSSR count). The van der Waals surface area contributed by atoms with E-state index in [1.165, 1.54) is 30.6 Å². The molecule has 1 aliphatic heterocycles. The van der Waals surface area contributed by atoms with E-state index in [1.807, 2.05) is 24.3 Å². The molecule has 0 aliphatic carbocycles. The Morgan fingerprint density at radius 2 is 1.45 bits per heavy atom. The quantitative estimate of drug-likeness (QED) is 0.717. The van der Waals surface area contributed by atoms with Gasteiger partial charge in [-0.15, -0.1) is 0 Å².